The van der Waals surface area contributed by atoms with Gasteiger partial charge in [-0.15, -0.1) is 0 Å². The molecule has 0 aliphatic rings. The fraction of sp³-hybridized carbons (Fsp3) is 0.333. The number of rotatable bonds is 11. The first-order chi connectivity index (χ1) is 14.1. The molecule has 2 N–H and O–H groups in total. The number of methoxy groups -OCH3 is 2. The summed E-state index contributed by atoms with van der Waals surface area (Å²) in [6, 6.07) is 11.9. The monoisotopic (exact) mass is 402 g/mol. The Morgan fingerprint density at radius 2 is 1.45 bits per heavy atom. The second-order valence-corrected chi connectivity index (χ2v) is 5.87. The molecule has 0 bridgehead atoms. The van der Waals surface area contributed by atoms with Crippen molar-refractivity contribution in [3.05, 3.63) is 48.0 Å². The van der Waals surface area contributed by atoms with Crippen LogP contribution in [0.25, 0.3) is 0 Å². The molecular weight excluding hydrogens is 376 g/mol. The molecule has 0 aliphatic heterocycles. The molecule has 156 valence electrons. The molecule has 0 saturated heterocycles. The molecule has 0 saturated carbocycles. The smallest absolute Gasteiger partial charge is 0.258 e. The first-order valence-electron chi connectivity index (χ1n) is 9.20. The normalized spacial score (nSPS) is 10.0. The van der Waals surface area contributed by atoms with Crippen molar-refractivity contribution in [1.82, 2.24) is 10.6 Å². The van der Waals surface area contributed by atoms with Crippen molar-refractivity contribution in [2.24, 2.45) is 0 Å². The SMILES string of the molecule is CCOc1ccc(OCC(=O)NCCNC(=O)c2ccc(OC)c(OC)c2)cc1. The molecule has 0 atom stereocenters. The Balaban J connectivity index is 1.69. The molecular formula is C21H26N2O6. The Hall–Kier alpha value is -3.42. The minimum atomic E-state index is -0.278. The van der Waals surface area contributed by atoms with Crippen LogP contribution in [0.15, 0.2) is 42.5 Å². The zero-order valence-electron chi connectivity index (χ0n) is 16.8. The fourth-order valence-corrected chi connectivity index (χ4v) is 2.46. The van der Waals surface area contributed by atoms with E-state index in [1.54, 1.807) is 42.5 Å². The molecule has 2 aromatic carbocycles. The van der Waals surface area contributed by atoms with Crippen molar-refractivity contribution in [3.8, 4) is 23.0 Å². The number of benzene rings is 2. The maximum atomic E-state index is 12.2. The highest BCUT2D eigenvalue weighted by Gasteiger charge is 2.10. The van der Waals surface area contributed by atoms with Gasteiger partial charge in [0.05, 0.1) is 20.8 Å². The van der Waals surface area contributed by atoms with Crippen LogP contribution in [0, 0.1) is 0 Å². The summed E-state index contributed by atoms with van der Waals surface area (Å²) in [4.78, 5) is 24.0. The number of ether oxygens (including phenoxy) is 4. The molecule has 2 amide bonds. The summed E-state index contributed by atoms with van der Waals surface area (Å²) in [5, 5.41) is 5.41. The van der Waals surface area contributed by atoms with Crippen molar-refractivity contribution < 1.29 is 28.5 Å². The molecule has 2 rings (SSSR count). The van der Waals surface area contributed by atoms with Crippen molar-refractivity contribution in [2.75, 3.05) is 40.5 Å². The first-order valence-corrected chi connectivity index (χ1v) is 9.20. The van der Waals surface area contributed by atoms with Crippen LogP contribution in [0.5, 0.6) is 23.0 Å². The van der Waals surface area contributed by atoms with Gasteiger partial charge in [-0.05, 0) is 49.4 Å². The van der Waals surface area contributed by atoms with Crippen LogP contribution in [0.3, 0.4) is 0 Å². The minimum Gasteiger partial charge on any atom is -0.494 e. The van der Waals surface area contributed by atoms with E-state index >= 15 is 0 Å². The average molecular weight is 402 g/mol. The van der Waals surface area contributed by atoms with Crippen LogP contribution in [-0.2, 0) is 4.79 Å². The maximum Gasteiger partial charge on any atom is 0.258 e. The Morgan fingerprint density at radius 1 is 0.828 bits per heavy atom. The van der Waals surface area contributed by atoms with Gasteiger partial charge in [0.25, 0.3) is 11.8 Å². The van der Waals surface area contributed by atoms with Crippen molar-refractivity contribution in [1.29, 1.82) is 0 Å². The highest BCUT2D eigenvalue weighted by Crippen LogP contribution is 2.27. The number of nitrogens with one attached hydrogen (secondary N) is 2. The van der Waals surface area contributed by atoms with Crippen molar-refractivity contribution in [2.45, 2.75) is 6.92 Å². The number of carbonyl (C=O) groups excluding carboxylic acids is 2. The summed E-state index contributed by atoms with van der Waals surface area (Å²) in [6.45, 7) is 2.94. The highest BCUT2D eigenvalue weighted by atomic mass is 16.5. The molecule has 0 spiro atoms. The van der Waals surface area contributed by atoms with E-state index in [-0.39, 0.29) is 31.5 Å². The lowest BCUT2D eigenvalue weighted by Crippen LogP contribution is -2.36. The van der Waals surface area contributed by atoms with E-state index in [2.05, 4.69) is 10.6 Å². The second-order valence-electron chi connectivity index (χ2n) is 5.87. The van der Waals surface area contributed by atoms with Crippen molar-refractivity contribution >= 4 is 11.8 Å². The molecule has 8 nitrogen and oxygen atoms in total. The van der Waals surface area contributed by atoms with E-state index < -0.39 is 0 Å². The fourth-order valence-electron chi connectivity index (χ4n) is 2.46. The molecule has 0 heterocycles. The molecule has 0 aromatic heterocycles. The predicted octanol–water partition coefficient (Wildman–Crippen LogP) is 2.03. The van der Waals surface area contributed by atoms with E-state index in [9.17, 15) is 9.59 Å². The zero-order chi connectivity index (χ0) is 21.1. The quantitative estimate of drug-likeness (QED) is 0.559. The van der Waals surface area contributed by atoms with Crippen LogP contribution in [-0.4, -0.2) is 52.3 Å². The van der Waals surface area contributed by atoms with E-state index in [0.717, 1.165) is 5.75 Å². The van der Waals surface area contributed by atoms with Crippen LogP contribution in [0.1, 0.15) is 17.3 Å². The van der Waals surface area contributed by atoms with E-state index in [1.807, 2.05) is 6.92 Å². The average Bonchev–Trinajstić information content (AvgIpc) is 2.75. The Bertz CT molecular complexity index is 807. The second kappa shape index (κ2) is 11.4. The summed E-state index contributed by atoms with van der Waals surface area (Å²) in [5.74, 6) is 1.79. The van der Waals surface area contributed by atoms with Crippen LogP contribution in [0.2, 0.25) is 0 Å². The summed E-state index contributed by atoms with van der Waals surface area (Å²) < 4.78 is 21.1. The standard InChI is InChI=1S/C21H26N2O6/c1-4-28-16-6-8-17(9-7-16)29-14-20(24)22-11-12-23-21(25)15-5-10-18(26-2)19(13-15)27-3/h5-10,13H,4,11-12,14H2,1-3H3,(H,22,24)(H,23,25). The summed E-state index contributed by atoms with van der Waals surface area (Å²) in [5.41, 5.74) is 0.438. The molecule has 0 unspecified atom stereocenters. The highest BCUT2D eigenvalue weighted by molar-refractivity contribution is 5.94. The molecule has 2 aromatic rings. The van der Waals surface area contributed by atoms with Crippen LogP contribution < -0.4 is 29.6 Å². The zero-order valence-corrected chi connectivity index (χ0v) is 16.8. The van der Waals surface area contributed by atoms with E-state index in [0.29, 0.717) is 29.4 Å². The lowest BCUT2D eigenvalue weighted by molar-refractivity contribution is -0.123. The molecule has 8 heteroatoms. The first kappa shape index (κ1) is 21.9. The van der Waals surface area contributed by atoms with Gasteiger partial charge in [-0.2, -0.15) is 0 Å². The maximum absolute atomic E-state index is 12.2. The Morgan fingerprint density at radius 3 is 2.07 bits per heavy atom. The summed E-state index contributed by atoms with van der Waals surface area (Å²) in [7, 11) is 3.03. The molecule has 0 fully saturated rings. The molecule has 0 aliphatic carbocycles. The summed E-state index contributed by atoms with van der Waals surface area (Å²) in [6.07, 6.45) is 0. The van der Waals surface area contributed by atoms with Gasteiger partial charge < -0.3 is 29.6 Å². The Labute approximate surface area is 170 Å². The topological polar surface area (TPSA) is 95.1 Å². The summed E-state index contributed by atoms with van der Waals surface area (Å²) >= 11 is 0. The van der Waals surface area contributed by atoms with Gasteiger partial charge in [-0.1, -0.05) is 0 Å². The van der Waals surface area contributed by atoms with Gasteiger partial charge in [0.1, 0.15) is 11.5 Å². The van der Waals surface area contributed by atoms with E-state index in [4.69, 9.17) is 18.9 Å². The van der Waals surface area contributed by atoms with Crippen molar-refractivity contribution in [3.63, 3.8) is 0 Å². The van der Waals surface area contributed by atoms with Crippen LogP contribution >= 0.6 is 0 Å². The third kappa shape index (κ3) is 6.91. The Kier molecular flexibility index (Phi) is 8.62. The number of amides is 2. The number of carbonyl (C=O) groups is 2. The van der Waals surface area contributed by atoms with Gasteiger partial charge in [-0.25, -0.2) is 0 Å². The molecule has 29 heavy (non-hydrogen) atoms. The van der Waals surface area contributed by atoms with Gasteiger partial charge in [0, 0.05) is 18.7 Å². The van der Waals surface area contributed by atoms with Gasteiger partial charge >= 0.3 is 0 Å². The lowest BCUT2D eigenvalue weighted by Gasteiger charge is -2.11. The number of hydrogen-bond acceptors (Lipinski definition) is 6. The van der Waals surface area contributed by atoms with Gasteiger partial charge in [0.2, 0.25) is 0 Å². The van der Waals surface area contributed by atoms with Crippen LogP contribution in [0.4, 0.5) is 0 Å². The lowest BCUT2D eigenvalue weighted by atomic mass is 10.2. The number of hydrogen-bond donors (Lipinski definition) is 2. The third-order valence-electron chi connectivity index (χ3n) is 3.88. The predicted molar refractivity (Wildman–Crippen MR) is 108 cm³/mol. The van der Waals surface area contributed by atoms with Gasteiger partial charge in [0.15, 0.2) is 18.1 Å². The minimum absolute atomic E-state index is 0.113. The largest absolute Gasteiger partial charge is 0.494 e. The van der Waals surface area contributed by atoms with E-state index in [1.165, 1.54) is 14.2 Å². The van der Waals surface area contributed by atoms with Gasteiger partial charge in [-0.3, -0.25) is 9.59 Å². The molecule has 0 radical (unpaired) electrons. The third-order valence-corrected chi connectivity index (χ3v) is 3.88.